The van der Waals surface area contributed by atoms with Crippen molar-refractivity contribution in [3.8, 4) is 0 Å². The van der Waals surface area contributed by atoms with E-state index in [0.717, 1.165) is 6.61 Å². The molecule has 0 rings (SSSR count). The SMILES string of the molecule is C=C([CH2][Sn]([CH2]CCC)([CH2]CCC)[CH2]CCC)C(C)COC. The van der Waals surface area contributed by atoms with Gasteiger partial charge in [0.15, 0.2) is 0 Å². The average Bonchev–Trinajstić information content (AvgIpc) is 2.48. The predicted molar refractivity (Wildman–Crippen MR) is 99.9 cm³/mol. The zero-order valence-corrected chi connectivity index (χ0v) is 18.3. The van der Waals surface area contributed by atoms with Gasteiger partial charge in [0.05, 0.1) is 0 Å². The normalized spacial score (nSPS) is 13.4. The summed E-state index contributed by atoms with van der Waals surface area (Å²) < 4.78 is 11.5. The van der Waals surface area contributed by atoms with Crippen LogP contribution in [-0.2, 0) is 4.74 Å². The van der Waals surface area contributed by atoms with E-state index in [0.29, 0.717) is 5.92 Å². The van der Waals surface area contributed by atoms with E-state index in [4.69, 9.17) is 4.74 Å². The van der Waals surface area contributed by atoms with Gasteiger partial charge in [-0.15, -0.1) is 0 Å². The first-order chi connectivity index (χ1) is 10.0. The topological polar surface area (TPSA) is 9.23 Å². The third-order valence-corrected chi connectivity index (χ3v) is 20.4. The van der Waals surface area contributed by atoms with Crippen molar-refractivity contribution in [3.63, 3.8) is 0 Å². The monoisotopic (exact) mass is 404 g/mol. The Hall–Kier alpha value is 0.499. The average molecular weight is 403 g/mol. The Morgan fingerprint density at radius 3 is 1.71 bits per heavy atom. The minimum atomic E-state index is -2.02. The molecule has 1 atom stereocenters. The van der Waals surface area contributed by atoms with Gasteiger partial charge in [0, 0.05) is 0 Å². The van der Waals surface area contributed by atoms with Crippen molar-refractivity contribution in [3.05, 3.63) is 12.2 Å². The van der Waals surface area contributed by atoms with Gasteiger partial charge < -0.3 is 0 Å². The van der Waals surface area contributed by atoms with Crippen molar-refractivity contribution in [2.75, 3.05) is 13.7 Å². The molecule has 0 aromatic heterocycles. The molecule has 1 unspecified atom stereocenters. The van der Waals surface area contributed by atoms with E-state index in [9.17, 15) is 0 Å². The number of hydrogen-bond acceptors (Lipinski definition) is 1. The van der Waals surface area contributed by atoms with Gasteiger partial charge in [-0.3, -0.25) is 0 Å². The van der Waals surface area contributed by atoms with Gasteiger partial charge in [-0.1, -0.05) is 0 Å². The number of unbranched alkanes of at least 4 members (excludes halogenated alkanes) is 3. The number of hydrogen-bond donors (Lipinski definition) is 0. The maximum atomic E-state index is 5.35. The van der Waals surface area contributed by atoms with Crippen LogP contribution in [0.4, 0.5) is 0 Å². The summed E-state index contributed by atoms with van der Waals surface area (Å²) in [6, 6.07) is 0. The molecule has 0 saturated carbocycles. The quantitative estimate of drug-likeness (QED) is 0.232. The molecule has 0 N–H and O–H groups in total. The Balaban J connectivity index is 4.88. The van der Waals surface area contributed by atoms with Gasteiger partial charge in [0.25, 0.3) is 0 Å². The molecular weight excluding hydrogens is 363 g/mol. The van der Waals surface area contributed by atoms with Crippen LogP contribution in [0.15, 0.2) is 12.2 Å². The Kier molecular flexibility index (Phi) is 13.3. The van der Waals surface area contributed by atoms with Crippen LogP contribution >= 0.6 is 0 Å². The summed E-state index contributed by atoms with van der Waals surface area (Å²) in [4.78, 5) is 0. The number of rotatable bonds is 14. The van der Waals surface area contributed by atoms with Crippen LogP contribution in [0, 0.1) is 5.92 Å². The summed E-state index contributed by atoms with van der Waals surface area (Å²) in [5.41, 5.74) is 1.50. The summed E-state index contributed by atoms with van der Waals surface area (Å²) in [6.07, 6.45) is 8.44. The summed E-state index contributed by atoms with van der Waals surface area (Å²) >= 11 is -2.02. The fourth-order valence-electron chi connectivity index (χ4n) is 3.32. The van der Waals surface area contributed by atoms with Crippen molar-refractivity contribution in [1.29, 1.82) is 0 Å². The van der Waals surface area contributed by atoms with Crippen LogP contribution in [0.25, 0.3) is 0 Å². The number of methoxy groups -OCH3 is 1. The first-order valence-electron chi connectivity index (χ1n) is 9.21. The van der Waals surface area contributed by atoms with Crippen LogP contribution in [0.5, 0.6) is 0 Å². The van der Waals surface area contributed by atoms with E-state index < -0.39 is 18.4 Å². The van der Waals surface area contributed by atoms with Crippen LogP contribution in [0.3, 0.4) is 0 Å². The van der Waals surface area contributed by atoms with Gasteiger partial charge in [0.2, 0.25) is 0 Å². The second-order valence-electron chi connectivity index (χ2n) is 7.00. The van der Waals surface area contributed by atoms with Crippen LogP contribution in [0.1, 0.15) is 66.2 Å². The van der Waals surface area contributed by atoms with Crippen molar-refractivity contribution >= 4 is 18.4 Å². The van der Waals surface area contributed by atoms with E-state index >= 15 is 0 Å². The molecule has 0 aliphatic rings. The van der Waals surface area contributed by atoms with Crippen LogP contribution in [0.2, 0.25) is 17.7 Å². The van der Waals surface area contributed by atoms with Crippen LogP contribution < -0.4 is 0 Å². The molecule has 0 heterocycles. The molecule has 2 heteroatoms. The molecule has 0 aromatic carbocycles. The molecule has 0 aliphatic carbocycles. The Labute approximate surface area is 138 Å². The summed E-state index contributed by atoms with van der Waals surface area (Å²) in [7, 11) is 1.81. The second kappa shape index (κ2) is 13.0. The molecule has 0 bridgehead atoms. The molecule has 1 nitrogen and oxygen atoms in total. The zero-order chi connectivity index (χ0) is 16.1. The molecule has 126 valence electrons. The molecule has 0 aliphatic heterocycles. The van der Waals surface area contributed by atoms with E-state index in [1.54, 1.807) is 13.3 Å². The van der Waals surface area contributed by atoms with Gasteiger partial charge in [-0.05, 0) is 0 Å². The van der Waals surface area contributed by atoms with E-state index in [1.807, 2.05) is 7.11 Å². The number of ether oxygens (including phenoxy) is 1. The predicted octanol–water partition coefficient (Wildman–Crippen LogP) is 6.67. The summed E-state index contributed by atoms with van der Waals surface area (Å²) in [5, 5.41) is 0. The van der Waals surface area contributed by atoms with Crippen molar-refractivity contribution in [2.24, 2.45) is 5.92 Å². The molecule has 0 amide bonds. The van der Waals surface area contributed by atoms with E-state index in [1.165, 1.54) is 48.5 Å². The fourth-order valence-corrected chi connectivity index (χ4v) is 20.2. The van der Waals surface area contributed by atoms with E-state index in [-0.39, 0.29) is 0 Å². The van der Waals surface area contributed by atoms with Crippen LogP contribution in [-0.4, -0.2) is 32.1 Å². The Morgan fingerprint density at radius 1 is 0.952 bits per heavy atom. The first-order valence-corrected chi connectivity index (χ1v) is 17.3. The van der Waals surface area contributed by atoms with Crippen molar-refractivity contribution < 1.29 is 4.74 Å². The molecule has 21 heavy (non-hydrogen) atoms. The molecule has 0 spiro atoms. The Bertz CT molecular complexity index is 241. The maximum absolute atomic E-state index is 5.35. The first kappa shape index (κ1) is 21.5. The molecular formula is C19H40OSn. The third kappa shape index (κ3) is 9.28. The minimum absolute atomic E-state index is 0.538. The van der Waals surface area contributed by atoms with Gasteiger partial charge in [0.1, 0.15) is 0 Å². The fraction of sp³-hybridized carbons (Fsp3) is 0.895. The molecule has 0 radical (unpaired) electrons. The molecule has 0 fully saturated rings. The van der Waals surface area contributed by atoms with Gasteiger partial charge in [-0.25, -0.2) is 0 Å². The van der Waals surface area contributed by atoms with Gasteiger partial charge >= 0.3 is 139 Å². The van der Waals surface area contributed by atoms with E-state index in [2.05, 4.69) is 34.3 Å². The standard InChI is InChI=1S/C7H13O.3C4H9.Sn/c1-6(2)7(3)5-8-4;3*1-3-4-2;/h7H,1-2,5H2,3-4H3;3*1,3-4H2,2H3;. The van der Waals surface area contributed by atoms with Crippen molar-refractivity contribution in [2.45, 2.75) is 84.0 Å². The van der Waals surface area contributed by atoms with Crippen molar-refractivity contribution in [1.82, 2.24) is 0 Å². The molecule has 0 aromatic rings. The van der Waals surface area contributed by atoms with Gasteiger partial charge in [-0.2, -0.15) is 0 Å². The third-order valence-electron chi connectivity index (χ3n) is 4.90. The summed E-state index contributed by atoms with van der Waals surface area (Å²) in [6.45, 7) is 14.6. The Morgan fingerprint density at radius 2 is 1.38 bits per heavy atom. The second-order valence-corrected chi connectivity index (χ2v) is 20.9. The zero-order valence-electron chi connectivity index (χ0n) is 15.5. The molecule has 0 saturated heterocycles. The summed E-state index contributed by atoms with van der Waals surface area (Å²) in [5.74, 6) is 0.538.